The molecule has 164 valence electrons. The van der Waals surface area contributed by atoms with Crippen LogP contribution in [0.1, 0.15) is 39.2 Å². The summed E-state index contributed by atoms with van der Waals surface area (Å²) in [4.78, 5) is 11.4. The van der Waals surface area contributed by atoms with E-state index in [4.69, 9.17) is 0 Å². The van der Waals surface area contributed by atoms with E-state index in [2.05, 4.69) is 37.3 Å². The van der Waals surface area contributed by atoms with Crippen molar-refractivity contribution in [3.05, 3.63) is 36.0 Å². The number of sulfonamides is 1. The van der Waals surface area contributed by atoms with Crippen LogP contribution < -0.4 is 15.4 Å². The summed E-state index contributed by atoms with van der Waals surface area (Å²) in [6, 6.07) is 7.54. The van der Waals surface area contributed by atoms with Gasteiger partial charge in [-0.15, -0.1) is 0 Å². The third-order valence-corrected chi connectivity index (χ3v) is 7.32. The van der Waals surface area contributed by atoms with E-state index >= 15 is 0 Å². The Kier molecular flexibility index (Phi) is 6.52. The van der Waals surface area contributed by atoms with Crippen LogP contribution in [-0.4, -0.2) is 54.2 Å². The molecule has 1 aromatic carbocycles. The molecule has 1 aromatic heterocycles. The van der Waals surface area contributed by atoms with Crippen LogP contribution in [0.5, 0.6) is 0 Å². The molecule has 9 heteroatoms. The molecule has 3 N–H and O–H groups in total. The molecule has 0 aliphatic carbocycles. The van der Waals surface area contributed by atoms with Crippen molar-refractivity contribution in [3.63, 3.8) is 0 Å². The van der Waals surface area contributed by atoms with Crippen molar-refractivity contribution in [2.75, 3.05) is 35.5 Å². The Hall–Kier alpha value is -2.39. The molecule has 0 atom stereocenters. The Labute approximate surface area is 179 Å². The monoisotopic (exact) mass is 432 g/mol. The number of rotatable bonds is 6. The number of nitrogens with one attached hydrogen (secondary N) is 3. The number of hydrogen-bond acceptors (Lipinski definition) is 7. The first kappa shape index (κ1) is 22.3. The van der Waals surface area contributed by atoms with E-state index < -0.39 is 14.8 Å². The van der Waals surface area contributed by atoms with Crippen LogP contribution in [0.25, 0.3) is 0 Å². The predicted octanol–water partition coefficient (Wildman–Crippen LogP) is 3.57. The second kappa shape index (κ2) is 8.77. The summed E-state index contributed by atoms with van der Waals surface area (Å²) in [6.45, 7) is 9.06. The quantitative estimate of drug-likeness (QED) is 0.642. The molecule has 30 heavy (non-hydrogen) atoms. The molecule has 0 bridgehead atoms. The molecule has 0 radical (unpaired) electrons. The van der Waals surface area contributed by atoms with Crippen molar-refractivity contribution >= 4 is 33.2 Å². The summed E-state index contributed by atoms with van der Waals surface area (Å²) in [5.41, 5.74) is 2.16. The lowest BCUT2D eigenvalue weighted by molar-refractivity contribution is 0.263. The summed E-state index contributed by atoms with van der Waals surface area (Å²) in [5, 5.41) is 6.72. The zero-order valence-electron chi connectivity index (χ0n) is 18.4. The average Bonchev–Trinajstić information content (AvgIpc) is 2.65. The van der Waals surface area contributed by atoms with Gasteiger partial charge in [-0.1, -0.05) is 6.07 Å². The van der Waals surface area contributed by atoms with Gasteiger partial charge in [0, 0.05) is 23.5 Å². The molecule has 8 nitrogen and oxygen atoms in total. The minimum Gasteiger partial charge on any atom is -0.351 e. The van der Waals surface area contributed by atoms with Crippen LogP contribution in [-0.2, 0) is 10.0 Å². The van der Waals surface area contributed by atoms with Gasteiger partial charge in [-0.05, 0) is 78.9 Å². The van der Waals surface area contributed by atoms with Crippen LogP contribution in [0.4, 0.5) is 23.1 Å². The summed E-state index contributed by atoms with van der Waals surface area (Å²) in [5.74, 6) is 1.29. The van der Waals surface area contributed by atoms with Gasteiger partial charge in [0.05, 0.1) is 10.4 Å². The van der Waals surface area contributed by atoms with E-state index in [-0.39, 0.29) is 0 Å². The maximum atomic E-state index is 12.4. The van der Waals surface area contributed by atoms with Gasteiger partial charge in [0.1, 0.15) is 5.82 Å². The molecule has 1 fully saturated rings. The molecular formula is C21H32N6O2S. The fourth-order valence-electron chi connectivity index (χ4n) is 3.08. The lowest BCUT2D eigenvalue weighted by atomic mass is 10.1. The van der Waals surface area contributed by atoms with Crippen LogP contribution in [0.15, 0.2) is 30.5 Å². The zero-order valence-corrected chi connectivity index (χ0v) is 19.2. The number of anilines is 4. The Morgan fingerprint density at radius 3 is 2.47 bits per heavy atom. The maximum absolute atomic E-state index is 12.4. The van der Waals surface area contributed by atoms with Crippen molar-refractivity contribution in [1.29, 1.82) is 0 Å². The fourth-order valence-corrected chi connectivity index (χ4v) is 3.82. The molecule has 2 heterocycles. The first-order chi connectivity index (χ1) is 14.0. The van der Waals surface area contributed by atoms with Gasteiger partial charge in [0.15, 0.2) is 0 Å². The van der Waals surface area contributed by atoms with Crippen LogP contribution >= 0.6 is 0 Å². The summed E-state index contributed by atoms with van der Waals surface area (Å²) in [6.07, 6.45) is 3.91. The van der Waals surface area contributed by atoms with Gasteiger partial charge in [-0.2, -0.15) is 4.98 Å². The number of aromatic nitrogens is 2. The average molecular weight is 433 g/mol. The van der Waals surface area contributed by atoms with Gasteiger partial charge in [-0.3, -0.25) is 4.72 Å². The normalized spacial score (nSPS) is 16.3. The van der Waals surface area contributed by atoms with Gasteiger partial charge >= 0.3 is 0 Å². The molecule has 1 aliphatic rings. The Balaban J connectivity index is 1.73. The third kappa shape index (κ3) is 5.60. The highest BCUT2D eigenvalue weighted by atomic mass is 32.2. The van der Waals surface area contributed by atoms with E-state index in [0.29, 0.717) is 23.5 Å². The van der Waals surface area contributed by atoms with Gasteiger partial charge in [-0.25, -0.2) is 13.4 Å². The molecule has 3 rings (SSSR count). The summed E-state index contributed by atoms with van der Waals surface area (Å²) < 4.78 is 26.6. The molecule has 2 aromatic rings. The molecule has 0 unspecified atom stereocenters. The van der Waals surface area contributed by atoms with E-state index in [0.717, 1.165) is 37.2 Å². The van der Waals surface area contributed by atoms with Crippen LogP contribution in [0.2, 0.25) is 0 Å². The smallest absolute Gasteiger partial charge is 0.237 e. The number of piperidine rings is 1. The highest BCUT2D eigenvalue weighted by Crippen LogP contribution is 2.25. The number of likely N-dealkylation sites (tertiary alicyclic amines) is 1. The molecule has 0 spiro atoms. The second-order valence-electron chi connectivity index (χ2n) is 8.87. The highest BCUT2D eigenvalue weighted by molar-refractivity contribution is 7.94. The van der Waals surface area contributed by atoms with E-state index in [1.165, 1.54) is 0 Å². The van der Waals surface area contributed by atoms with E-state index in [1.54, 1.807) is 45.2 Å². The minimum atomic E-state index is -3.49. The molecule has 0 amide bonds. The number of nitrogens with zero attached hydrogens (tertiary/aromatic N) is 3. The maximum Gasteiger partial charge on any atom is 0.237 e. The molecule has 1 saturated heterocycles. The predicted molar refractivity (Wildman–Crippen MR) is 123 cm³/mol. The largest absolute Gasteiger partial charge is 0.351 e. The number of benzene rings is 1. The summed E-state index contributed by atoms with van der Waals surface area (Å²) >= 11 is 0. The van der Waals surface area contributed by atoms with E-state index in [1.807, 2.05) is 13.0 Å². The number of hydrogen-bond donors (Lipinski definition) is 3. The zero-order chi connectivity index (χ0) is 21.9. The van der Waals surface area contributed by atoms with Crippen molar-refractivity contribution in [3.8, 4) is 0 Å². The molecule has 0 saturated carbocycles. The molecule has 1 aliphatic heterocycles. The van der Waals surface area contributed by atoms with Gasteiger partial charge < -0.3 is 15.5 Å². The fraction of sp³-hybridized carbons (Fsp3) is 0.524. The first-order valence-electron chi connectivity index (χ1n) is 10.2. The van der Waals surface area contributed by atoms with Crippen molar-refractivity contribution < 1.29 is 8.42 Å². The number of aryl methyl sites for hydroxylation is 1. The van der Waals surface area contributed by atoms with E-state index in [9.17, 15) is 8.42 Å². The lowest BCUT2D eigenvalue weighted by Gasteiger charge is -2.29. The summed E-state index contributed by atoms with van der Waals surface area (Å²) in [7, 11) is -1.36. The topological polar surface area (TPSA) is 99.2 Å². The third-order valence-electron chi connectivity index (χ3n) is 5.21. The Bertz CT molecular complexity index is 979. The first-order valence-corrected chi connectivity index (χ1v) is 11.7. The van der Waals surface area contributed by atoms with Gasteiger partial charge in [0.2, 0.25) is 16.0 Å². The van der Waals surface area contributed by atoms with Crippen LogP contribution in [0.3, 0.4) is 0 Å². The Morgan fingerprint density at radius 1 is 1.13 bits per heavy atom. The van der Waals surface area contributed by atoms with Crippen molar-refractivity contribution in [2.24, 2.45) is 0 Å². The minimum absolute atomic E-state index is 0.367. The van der Waals surface area contributed by atoms with Crippen LogP contribution in [0, 0.1) is 6.92 Å². The lowest BCUT2D eigenvalue weighted by Crippen LogP contribution is -2.37. The molecular weight excluding hydrogens is 400 g/mol. The van der Waals surface area contributed by atoms with Crippen molar-refractivity contribution in [1.82, 2.24) is 14.9 Å². The standard InChI is InChI=1S/C21H32N6O2S/c1-15-14-22-20(24-16-9-11-27(5)12-10-16)25-19(15)23-17-7-6-8-18(13-17)26-30(28,29)21(2,3)4/h6-8,13-14,16,26H,9-12H2,1-5H3,(H2,22,23,24,25). The highest BCUT2D eigenvalue weighted by Gasteiger charge is 2.28. The SMILES string of the molecule is Cc1cnc(NC2CCN(C)CC2)nc1Nc1cccc(NS(=O)(=O)C(C)(C)C)c1. The van der Waals surface area contributed by atoms with Crippen molar-refractivity contribution in [2.45, 2.75) is 51.3 Å². The Morgan fingerprint density at radius 2 is 1.80 bits per heavy atom. The van der Waals surface area contributed by atoms with Gasteiger partial charge in [0.25, 0.3) is 0 Å². The second-order valence-corrected chi connectivity index (χ2v) is 11.3.